The fourth-order valence-corrected chi connectivity index (χ4v) is 4.25. The molecule has 0 N–H and O–H groups in total. The molecule has 0 spiro atoms. The zero-order chi connectivity index (χ0) is 19.5. The second-order valence-electron chi connectivity index (χ2n) is 7.60. The molecule has 0 amide bonds. The van der Waals surface area contributed by atoms with Crippen LogP contribution in [0.3, 0.4) is 0 Å². The fourth-order valence-electron chi connectivity index (χ4n) is 4.25. The van der Waals surface area contributed by atoms with Crippen LogP contribution in [0.25, 0.3) is 11.1 Å². The fraction of sp³-hybridized carbons (Fsp3) is 0.478. The molecule has 0 atom stereocenters. The van der Waals surface area contributed by atoms with E-state index in [1.165, 1.54) is 37.8 Å². The van der Waals surface area contributed by atoms with Crippen molar-refractivity contribution in [3.05, 3.63) is 53.6 Å². The average molecular weight is 388 g/mol. The molecule has 0 unspecified atom stereocenters. The van der Waals surface area contributed by atoms with Gasteiger partial charge >= 0.3 is 0 Å². The summed E-state index contributed by atoms with van der Waals surface area (Å²) in [5, 5.41) is 0. The Morgan fingerprint density at radius 1 is 0.893 bits per heavy atom. The molecular formula is C23H26F2O3. The predicted octanol–water partition coefficient (Wildman–Crippen LogP) is 5.88. The summed E-state index contributed by atoms with van der Waals surface area (Å²) in [6.45, 7) is 3.45. The lowest BCUT2D eigenvalue weighted by atomic mass is 9.91. The molecule has 1 saturated carbocycles. The summed E-state index contributed by atoms with van der Waals surface area (Å²) in [6.07, 6.45) is 4.79. The van der Waals surface area contributed by atoms with Gasteiger partial charge in [-0.05, 0) is 30.5 Å². The summed E-state index contributed by atoms with van der Waals surface area (Å²) in [7, 11) is 0. The summed E-state index contributed by atoms with van der Waals surface area (Å²) in [6, 6.07) is 10.2. The molecule has 1 saturated heterocycles. The van der Waals surface area contributed by atoms with Crippen molar-refractivity contribution >= 4 is 0 Å². The van der Waals surface area contributed by atoms with Crippen molar-refractivity contribution in [2.45, 2.75) is 38.9 Å². The van der Waals surface area contributed by atoms with Crippen molar-refractivity contribution < 1.29 is 23.0 Å². The van der Waals surface area contributed by atoms with Crippen LogP contribution in [0, 0.1) is 23.5 Å². The van der Waals surface area contributed by atoms with Crippen molar-refractivity contribution in [2.24, 2.45) is 11.8 Å². The van der Waals surface area contributed by atoms with Gasteiger partial charge in [0.15, 0.2) is 17.9 Å². The largest absolute Gasteiger partial charge is 0.491 e. The van der Waals surface area contributed by atoms with E-state index < -0.39 is 17.9 Å². The van der Waals surface area contributed by atoms with E-state index in [1.54, 1.807) is 19.1 Å². The molecular weight excluding hydrogens is 362 g/mol. The number of rotatable bonds is 5. The van der Waals surface area contributed by atoms with Gasteiger partial charge in [-0.3, -0.25) is 0 Å². The van der Waals surface area contributed by atoms with E-state index in [-0.39, 0.29) is 17.9 Å². The molecule has 0 aromatic heterocycles. The summed E-state index contributed by atoms with van der Waals surface area (Å²) >= 11 is 0. The van der Waals surface area contributed by atoms with Gasteiger partial charge in [0.05, 0.1) is 19.8 Å². The molecule has 3 nitrogen and oxygen atoms in total. The van der Waals surface area contributed by atoms with Crippen molar-refractivity contribution in [3.8, 4) is 16.9 Å². The van der Waals surface area contributed by atoms with Crippen LogP contribution >= 0.6 is 0 Å². The molecule has 1 heterocycles. The van der Waals surface area contributed by atoms with E-state index >= 15 is 0 Å². The first kappa shape index (κ1) is 19.3. The molecule has 1 aliphatic heterocycles. The SMILES string of the molecule is CCOc1ccc(-c2ccc([C@H]3OC[C@H](C4CCCC4)CO3)cc2)c(F)c1F. The zero-order valence-corrected chi connectivity index (χ0v) is 16.1. The van der Waals surface area contributed by atoms with Crippen LogP contribution in [0.15, 0.2) is 36.4 Å². The van der Waals surface area contributed by atoms with Gasteiger partial charge in [0.2, 0.25) is 5.82 Å². The highest BCUT2D eigenvalue weighted by Crippen LogP contribution is 2.37. The maximum atomic E-state index is 14.4. The van der Waals surface area contributed by atoms with Gasteiger partial charge in [0.1, 0.15) is 0 Å². The minimum atomic E-state index is -0.958. The van der Waals surface area contributed by atoms with Gasteiger partial charge in [-0.2, -0.15) is 4.39 Å². The van der Waals surface area contributed by atoms with Crippen LogP contribution in [-0.4, -0.2) is 19.8 Å². The molecule has 5 heteroatoms. The minimum absolute atomic E-state index is 0.0683. The number of benzene rings is 2. The summed E-state index contributed by atoms with van der Waals surface area (Å²) in [4.78, 5) is 0. The Morgan fingerprint density at radius 3 is 2.21 bits per heavy atom. The third-order valence-corrected chi connectivity index (χ3v) is 5.83. The summed E-state index contributed by atoms with van der Waals surface area (Å²) < 4.78 is 45.5. The molecule has 150 valence electrons. The normalized spacial score (nSPS) is 23.1. The number of hydrogen-bond acceptors (Lipinski definition) is 3. The Bertz CT molecular complexity index is 792. The lowest BCUT2D eigenvalue weighted by Crippen LogP contribution is -2.31. The monoisotopic (exact) mass is 388 g/mol. The quantitative estimate of drug-likeness (QED) is 0.640. The second kappa shape index (κ2) is 8.58. The smallest absolute Gasteiger partial charge is 0.201 e. The summed E-state index contributed by atoms with van der Waals surface area (Å²) in [5.74, 6) is -0.718. The number of hydrogen-bond donors (Lipinski definition) is 0. The summed E-state index contributed by atoms with van der Waals surface area (Å²) in [5.41, 5.74) is 1.70. The van der Waals surface area contributed by atoms with Gasteiger partial charge in [0, 0.05) is 17.0 Å². The molecule has 28 heavy (non-hydrogen) atoms. The van der Waals surface area contributed by atoms with Gasteiger partial charge in [-0.25, -0.2) is 4.39 Å². The molecule has 1 aliphatic carbocycles. The van der Waals surface area contributed by atoms with Crippen molar-refractivity contribution in [2.75, 3.05) is 19.8 Å². The maximum absolute atomic E-state index is 14.4. The number of ether oxygens (including phenoxy) is 3. The molecule has 0 radical (unpaired) electrons. The zero-order valence-electron chi connectivity index (χ0n) is 16.1. The molecule has 2 aromatic carbocycles. The van der Waals surface area contributed by atoms with Crippen LogP contribution in [0.1, 0.15) is 44.5 Å². The van der Waals surface area contributed by atoms with Gasteiger partial charge in [-0.15, -0.1) is 0 Å². The van der Waals surface area contributed by atoms with E-state index in [4.69, 9.17) is 14.2 Å². The van der Waals surface area contributed by atoms with Crippen LogP contribution in [0.5, 0.6) is 5.75 Å². The highest BCUT2D eigenvalue weighted by molar-refractivity contribution is 5.65. The highest BCUT2D eigenvalue weighted by atomic mass is 19.2. The number of halogens is 2. The van der Waals surface area contributed by atoms with Gasteiger partial charge in [0.25, 0.3) is 0 Å². The standard InChI is InChI=1S/C23H26F2O3/c1-2-26-20-12-11-19(21(24)22(20)25)16-7-9-17(10-8-16)23-27-13-18(14-28-23)15-5-3-4-6-15/h7-12,15,18,23H,2-6,13-14H2,1H3/t18-,23-. The van der Waals surface area contributed by atoms with Crippen LogP contribution in [0.4, 0.5) is 8.78 Å². The second-order valence-corrected chi connectivity index (χ2v) is 7.60. The van der Waals surface area contributed by atoms with E-state index in [1.807, 2.05) is 12.1 Å². The predicted molar refractivity (Wildman–Crippen MR) is 103 cm³/mol. The highest BCUT2D eigenvalue weighted by Gasteiger charge is 2.31. The topological polar surface area (TPSA) is 27.7 Å². The van der Waals surface area contributed by atoms with Gasteiger partial charge < -0.3 is 14.2 Å². The first-order chi connectivity index (χ1) is 13.7. The first-order valence-electron chi connectivity index (χ1n) is 10.1. The van der Waals surface area contributed by atoms with E-state index in [9.17, 15) is 8.78 Å². The third kappa shape index (κ3) is 3.91. The third-order valence-electron chi connectivity index (χ3n) is 5.83. The van der Waals surface area contributed by atoms with Crippen LogP contribution in [-0.2, 0) is 9.47 Å². The Kier molecular flexibility index (Phi) is 5.93. The Morgan fingerprint density at radius 2 is 1.57 bits per heavy atom. The minimum Gasteiger partial charge on any atom is -0.491 e. The maximum Gasteiger partial charge on any atom is 0.201 e. The van der Waals surface area contributed by atoms with E-state index in [0.29, 0.717) is 11.5 Å². The van der Waals surface area contributed by atoms with Crippen molar-refractivity contribution in [1.82, 2.24) is 0 Å². The molecule has 4 rings (SSSR count). The van der Waals surface area contributed by atoms with Gasteiger partial charge in [-0.1, -0.05) is 49.9 Å². The van der Waals surface area contributed by atoms with Crippen molar-refractivity contribution in [3.63, 3.8) is 0 Å². The lowest BCUT2D eigenvalue weighted by molar-refractivity contribution is -0.212. The van der Waals surface area contributed by atoms with E-state index in [0.717, 1.165) is 24.7 Å². The average Bonchev–Trinajstić information content (AvgIpc) is 3.27. The van der Waals surface area contributed by atoms with Crippen LogP contribution in [0.2, 0.25) is 0 Å². The molecule has 0 bridgehead atoms. The molecule has 2 fully saturated rings. The first-order valence-corrected chi connectivity index (χ1v) is 10.1. The van der Waals surface area contributed by atoms with Crippen LogP contribution < -0.4 is 4.74 Å². The molecule has 2 aromatic rings. The Hall–Kier alpha value is -1.98. The Balaban J connectivity index is 1.44. The lowest BCUT2D eigenvalue weighted by Gasteiger charge is -2.32. The molecule has 2 aliphatic rings. The Labute approximate surface area is 164 Å². The van der Waals surface area contributed by atoms with Crippen molar-refractivity contribution in [1.29, 1.82) is 0 Å². The van der Waals surface area contributed by atoms with E-state index in [2.05, 4.69) is 0 Å².